The number of ketones is 1. The van der Waals surface area contributed by atoms with Crippen LogP contribution < -0.4 is 0 Å². The molecule has 4 aromatic rings. The third-order valence-electron chi connectivity index (χ3n) is 15.4. The summed E-state index contributed by atoms with van der Waals surface area (Å²) in [6, 6.07) is 33.1. The molecule has 0 radical (unpaired) electrons. The summed E-state index contributed by atoms with van der Waals surface area (Å²) in [4.78, 5) is 30.9. The lowest BCUT2D eigenvalue weighted by atomic mass is 9.32. The molecule has 7 aliphatic rings. The lowest BCUT2D eigenvalue weighted by Crippen LogP contribution is -2.67. The molecule has 1 heterocycles. The number of carbonyl (C=O) groups excluding carboxylic acids is 2. The largest absolute Gasteiger partial charge is 0.440 e. The summed E-state index contributed by atoms with van der Waals surface area (Å²) >= 11 is 0. The molecular weight excluding hydrogens is 643 g/mol. The van der Waals surface area contributed by atoms with Crippen molar-refractivity contribution < 1.29 is 19.4 Å². The highest BCUT2D eigenvalue weighted by atomic mass is 16.6. The van der Waals surface area contributed by atoms with Gasteiger partial charge in [0.2, 0.25) is 0 Å². The van der Waals surface area contributed by atoms with Crippen molar-refractivity contribution in [3.8, 4) is 11.1 Å². The quantitative estimate of drug-likeness (QED) is 0.167. The van der Waals surface area contributed by atoms with Gasteiger partial charge in [0.15, 0.2) is 5.78 Å². The first-order valence-electron chi connectivity index (χ1n) is 19.4. The van der Waals surface area contributed by atoms with E-state index >= 15 is 4.79 Å². The Morgan fingerprint density at radius 2 is 1.48 bits per heavy atom. The Kier molecular flexibility index (Phi) is 6.82. The molecule has 0 aromatic heterocycles. The van der Waals surface area contributed by atoms with Gasteiger partial charge in [-0.2, -0.15) is 0 Å². The molecule has 8 unspecified atom stereocenters. The van der Waals surface area contributed by atoms with Crippen LogP contribution in [0.15, 0.2) is 121 Å². The highest BCUT2D eigenvalue weighted by molar-refractivity contribution is 6.10. The van der Waals surface area contributed by atoms with Gasteiger partial charge in [0.1, 0.15) is 5.60 Å². The third-order valence-corrected chi connectivity index (χ3v) is 15.4. The number of ether oxygens (including phenoxy) is 1. The second-order valence-corrected chi connectivity index (χ2v) is 17.4. The van der Waals surface area contributed by atoms with Crippen molar-refractivity contribution in [2.24, 2.45) is 33.5 Å². The summed E-state index contributed by atoms with van der Waals surface area (Å²) in [5, 5.41) is 13.4. The van der Waals surface area contributed by atoms with Gasteiger partial charge < -0.3 is 9.84 Å². The number of hydrogen-bond acceptors (Lipinski definition) is 4. The Bertz CT molecular complexity index is 2180. The van der Waals surface area contributed by atoms with E-state index in [1.54, 1.807) is 0 Å². The molecule has 1 saturated heterocycles. The van der Waals surface area contributed by atoms with Crippen LogP contribution in [0.1, 0.15) is 74.7 Å². The van der Waals surface area contributed by atoms with Crippen LogP contribution in [0.2, 0.25) is 0 Å². The number of allylic oxidation sites excluding steroid dienone is 4. The van der Waals surface area contributed by atoms with Crippen molar-refractivity contribution in [3.63, 3.8) is 0 Å². The highest BCUT2D eigenvalue weighted by Crippen LogP contribution is 2.79. The molecule has 52 heavy (non-hydrogen) atoms. The summed E-state index contributed by atoms with van der Waals surface area (Å²) in [6.45, 7) is 5.90. The fourth-order valence-corrected chi connectivity index (χ4v) is 12.7. The molecular formula is C47H47NO4. The second kappa shape index (κ2) is 11.0. The molecule has 3 saturated carbocycles. The van der Waals surface area contributed by atoms with E-state index in [2.05, 4.69) is 98.8 Å². The summed E-state index contributed by atoms with van der Waals surface area (Å²) in [7, 11) is 0. The molecule has 2 bridgehead atoms. The van der Waals surface area contributed by atoms with E-state index in [0.717, 1.165) is 60.8 Å². The van der Waals surface area contributed by atoms with Crippen LogP contribution in [-0.2, 0) is 11.3 Å². The molecule has 4 fully saturated rings. The third kappa shape index (κ3) is 4.15. The van der Waals surface area contributed by atoms with Crippen molar-refractivity contribution in [1.82, 2.24) is 4.90 Å². The van der Waals surface area contributed by atoms with E-state index in [-0.39, 0.29) is 46.1 Å². The van der Waals surface area contributed by atoms with Crippen LogP contribution in [0.3, 0.4) is 0 Å². The monoisotopic (exact) mass is 689 g/mol. The SMILES string of the molecule is CC12CCC(O)CC13C=CC1(C(C(=O)c4ccc(-c5ccccc5)cc4)=C3)C2CCC2(C)C1CCC21CN(Cc2cccc3ccccc23)C(=O)O1. The molecule has 1 aliphatic heterocycles. The number of benzene rings is 4. The number of fused-ring (bicyclic) bond motifs is 3. The summed E-state index contributed by atoms with van der Waals surface area (Å²) in [6.07, 6.45) is 12.5. The van der Waals surface area contributed by atoms with Gasteiger partial charge in [0, 0.05) is 33.9 Å². The number of aliphatic hydroxyl groups excluding tert-OH is 1. The Balaban J connectivity index is 1.04. The summed E-state index contributed by atoms with van der Waals surface area (Å²) in [5.41, 5.74) is 3.15. The van der Waals surface area contributed by atoms with E-state index in [0.29, 0.717) is 25.1 Å². The lowest BCUT2D eigenvalue weighted by molar-refractivity contribution is -0.164. The zero-order valence-corrected chi connectivity index (χ0v) is 30.2. The van der Waals surface area contributed by atoms with Crippen LogP contribution in [-0.4, -0.2) is 40.1 Å². The smallest absolute Gasteiger partial charge is 0.410 e. The number of hydrogen-bond donors (Lipinski definition) is 1. The van der Waals surface area contributed by atoms with E-state index in [9.17, 15) is 9.90 Å². The number of nitrogens with zero attached hydrogens (tertiary/aromatic N) is 1. The minimum Gasteiger partial charge on any atom is -0.440 e. The maximum atomic E-state index is 15.1. The van der Waals surface area contributed by atoms with Crippen molar-refractivity contribution in [2.45, 2.75) is 77.0 Å². The normalized spacial score (nSPS) is 37.1. The number of amides is 1. The average molecular weight is 690 g/mol. The molecule has 1 N–H and O–H groups in total. The van der Waals surface area contributed by atoms with Crippen molar-refractivity contribution in [1.29, 1.82) is 0 Å². The summed E-state index contributed by atoms with van der Waals surface area (Å²) < 4.78 is 6.67. The van der Waals surface area contributed by atoms with Crippen LogP contribution >= 0.6 is 0 Å². The number of carbonyl (C=O) groups is 2. The lowest BCUT2D eigenvalue weighted by Gasteiger charge is -2.71. The zero-order chi connectivity index (χ0) is 35.5. The molecule has 264 valence electrons. The Labute approximate surface area is 306 Å². The highest BCUT2D eigenvalue weighted by Gasteiger charge is 2.76. The predicted octanol–water partition coefficient (Wildman–Crippen LogP) is 9.94. The minimum absolute atomic E-state index is 0.0637. The maximum Gasteiger partial charge on any atom is 0.410 e. The fourth-order valence-electron chi connectivity index (χ4n) is 12.7. The first-order valence-corrected chi connectivity index (χ1v) is 19.4. The Hall–Kier alpha value is -4.48. The van der Waals surface area contributed by atoms with E-state index in [4.69, 9.17) is 4.74 Å². The molecule has 4 aromatic carbocycles. The van der Waals surface area contributed by atoms with E-state index in [1.165, 1.54) is 10.8 Å². The van der Waals surface area contributed by atoms with Crippen LogP contribution in [0.25, 0.3) is 21.9 Å². The van der Waals surface area contributed by atoms with Gasteiger partial charge in [-0.1, -0.05) is 129 Å². The standard InChI is InChI=1S/C47H47NO4/c1-43-22-19-36(49)27-45(43)25-26-47(38(28-45)41(50)34-17-15-32(16-18-34)31-9-4-3-5-10-31)39(43)20-23-44(2)40(47)21-24-46(44)30-48(42(51)52-46)29-35-13-8-12-33-11-6-7-14-37(33)35/h3-18,25-26,28,36,39-40,49H,19-24,27,29-30H2,1-2H3. The first-order chi connectivity index (χ1) is 25.1. The number of rotatable bonds is 5. The van der Waals surface area contributed by atoms with Crippen molar-refractivity contribution >= 4 is 22.6 Å². The topological polar surface area (TPSA) is 66.8 Å². The predicted molar refractivity (Wildman–Crippen MR) is 203 cm³/mol. The number of Topliss-reactive ketones (excluding diaryl/α,β-unsaturated/α-hetero) is 1. The van der Waals surface area contributed by atoms with E-state index < -0.39 is 11.0 Å². The van der Waals surface area contributed by atoms with Crippen molar-refractivity contribution in [2.75, 3.05) is 6.54 Å². The zero-order valence-electron chi connectivity index (χ0n) is 30.2. The molecule has 8 atom stereocenters. The molecule has 1 amide bonds. The molecule has 5 nitrogen and oxygen atoms in total. The van der Waals surface area contributed by atoms with Crippen molar-refractivity contribution in [3.05, 3.63) is 132 Å². The van der Waals surface area contributed by atoms with Gasteiger partial charge in [-0.3, -0.25) is 9.69 Å². The van der Waals surface area contributed by atoms with Crippen LogP contribution in [0.5, 0.6) is 0 Å². The van der Waals surface area contributed by atoms with E-state index in [1.807, 2.05) is 35.2 Å². The molecule has 11 rings (SSSR count). The molecule has 6 aliphatic carbocycles. The van der Waals surface area contributed by atoms with Gasteiger partial charge in [-0.15, -0.1) is 0 Å². The Morgan fingerprint density at radius 3 is 2.31 bits per heavy atom. The van der Waals surface area contributed by atoms with Gasteiger partial charge in [0.25, 0.3) is 0 Å². The maximum absolute atomic E-state index is 15.1. The van der Waals surface area contributed by atoms with Gasteiger partial charge in [-0.05, 0) is 89.7 Å². The van der Waals surface area contributed by atoms with Gasteiger partial charge in [0.05, 0.1) is 12.6 Å². The minimum atomic E-state index is -0.617. The Morgan fingerprint density at radius 1 is 0.788 bits per heavy atom. The van der Waals surface area contributed by atoms with Crippen LogP contribution in [0.4, 0.5) is 4.79 Å². The van der Waals surface area contributed by atoms with Gasteiger partial charge >= 0.3 is 6.09 Å². The van der Waals surface area contributed by atoms with Crippen LogP contribution in [0, 0.1) is 33.5 Å². The summed E-state index contributed by atoms with van der Waals surface area (Å²) in [5.74, 6) is 0.505. The number of aliphatic hydroxyl groups is 1. The molecule has 5 heteroatoms. The molecule has 3 spiro atoms. The van der Waals surface area contributed by atoms with Gasteiger partial charge in [-0.25, -0.2) is 4.79 Å². The second-order valence-electron chi connectivity index (χ2n) is 17.4. The fraction of sp³-hybridized carbons (Fsp3) is 0.404. The first kappa shape index (κ1) is 32.2. The average Bonchev–Trinajstić information content (AvgIpc) is 3.65.